The molecule has 8 heteroatoms. The van der Waals surface area contributed by atoms with Crippen molar-refractivity contribution in [3.63, 3.8) is 0 Å². The van der Waals surface area contributed by atoms with Crippen LogP contribution >= 0.6 is 0 Å². The number of aryl methyl sites for hydroxylation is 1. The number of sulfonamides is 1. The molecular weight excluding hydrogens is 278 g/mol. The average Bonchev–Trinajstić information content (AvgIpc) is 3.00. The lowest BCUT2D eigenvalue weighted by Gasteiger charge is -2.11. The Morgan fingerprint density at radius 2 is 2.25 bits per heavy atom. The predicted molar refractivity (Wildman–Crippen MR) is 75.5 cm³/mol. The summed E-state index contributed by atoms with van der Waals surface area (Å²) in [7, 11) is 0.0986. The Balaban J connectivity index is 2.20. The molecule has 0 spiro atoms. The Morgan fingerprint density at radius 3 is 2.85 bits per heavy atom. The topological polar surface area (TPSA) is 91.8 Å². The maximum Gasteiger partial charge on any atom is 0.242 e. The monoisotopic (exact) mass is 297 g/mol. The predicted octanol–water partition coefficient (Wildman–Crippen LogP) is 0.507. The van der Waals surface area contributed by atoms with Crippen LogP contribution in [0.25, 0.3) is 0 Å². The summed E-state index contributed by atoms with van der Waals surface area (Å²) in [6.45, 7) is 2.39. The lowest BCUT2D eigenvalue weighted by Crippen LogP contribution is -2.26. The fraction of sp³-hybridized carbons (Fsp3) is 0.417. The summed E-state index contributed by atoms with van der Waals surface area (Å²) >= 11 is 0. The third-order valence-corrected chi connectivity index (χ3v) is 4.61. The number of aromatic nitrogens is 3. The van der Waals surface area contributed by atoms with Crippen LogP contribution in [0.4, 0.5) is 0 Å². The summed E-state index contributed by atoms with van der Waals surface area (Å²) in [5.74, 6) is 0. The van der Waals surface area contributed by atoms with E-state index in [-0.39, 0.29) is 10.9 Å². The van der Waals surface area contributed by atoms with E-state index in [1.807, 2.05) is 14.1 Å². The lowest BCUT2D eigenvalue weighted by atomic mass is 10.2. The van der Waals surface area contributed by atoms with Crippen LogP contribution < -0.4 is 10.0 Å². The maximum atomic E-state index is 12.3. The summed E-state index contributed by atoms with van der Waals surface area (Å²) in [4.78, 5) is 0.264. The van der Waals surface area contributed by atoms with Gasteiger partial charge in [0.15, 0.2) is 0 Å². The number of nitrogens with zero attached hydrogens (tertiary/aromatic N) is 2. The van der Waals surface area contributed by atoms with Crippen LogP contribution in [0.2, 0.25) is 0 Å². The molecule has 1 atom stereocenters. The smallest absolute Gasteiger partial charge is 0.242 e. The fourth-order valence-corrected chi connectivity index (χ4v) is 3.27. The Labute approximate surface area is 118 Å². The first-order valence-corrected chi connectivity index (χ1v) is 7.73. The van der Waals surface area contributed by atoms with Gasteiger partial charge in [-0.25, -0.2) is 13.1 Å². The van der Waals surface area contributed by atoms with Crippen molar-refractivity contribution < 1.29 is 8.42 Å². The van der Waals surface area contributed by atoms with E-state index in [9.17, 15) is 8.42 Å². The van der Waals surface area contributed by atoms with Crippen LogP contribution in [-0.4, -0.2) is 30.2 Å². The van der Waals surface area contributed by atoms with Gasteiger partial charge in [0.25, 0.3) is 0 Å². The molecule has 0 amide bonds. The normalized spacial score (nSPS) is 13.6. The van der Waals surface area contributed by atoms with E-state index in [0.717, 1.165) is 11.3 Å². The van der Waals surface area contributed by atoms with Gasteiger partial charge in [0.05, 0.1) is 11.1 Å². The molecule has 0 saturated carbocycles. The highest BCUT2D eigenvalue weighted by molar-refractivity contribution is 7.89. The van der Waals surface area contributed by atoms with Crippen molar-refractivity contribution in [1.29, 1.82) is 0 Å². The Kier molecular flexibility index (Phi) is 4.26. The molecule has 0 bridgehead atoms. The number of hydrogen-bond donors (Lipinski definition) is 3. The van der Waals surface area contributed by atoms with Gasteiger partial charge in [0.1, 0.15) is 0 Å². The summed E-state index contributed by atoms with van der Waals surface area (Å²) in [5.41, 5.74) is 1.70. The van der Waals surface area contributed by atoms with Crippen molar-refractivity contribution >= 4 is 10.0 Å². The first-order chi connectivity index (χ1) is 9.44. The zero-order valence-electron chi connectivity index (χ0n) is 11.7. The Bertz CT molecular complexity index is 660. The number of nitrogens with one attached hydrogen (secondary N) is 3. The molecule has 0 aliphatic rings. The number of rotatable bonds is 6. The van der Waals surface area contributed by atoms with Crippen molar-refractivity contribution in [1.82, 2.24) is 24.8 Å². The standard InChI is InChI=1S/C12H19N5O2S/c1-9(10-5-14-15-6-10)16-20(18,19)12-4-11(7-13-2)17(3)8-12/h4-6,8-9,13,16H,7H2,1-3H3,(H,14,15). The SMILES string of the molecule is CNCc1cc(S(=O)(=O)NC(C)c2cn[nH]c2)cn1C. The highest BCUT2D eigenvalue weighted by Gasteiger charge is 2.21. The summed E-state index contributed by atoms with van der Waals surface area (Å²) < 4.78 is 29.1. The van der Waals surface area contributed by atoms with Gasteiger partial charge in [-0.3, -0.25) is 5.10 Å². The first kappa shape index (κ1) is 14.8. The van der Waals surface area contributed by atoms with Crippen LogP contribution in [-0.2, 0) is 23.6 Å². The Hall–Kier alpha value is -1.64. The van der Waals surface area contributed by atoms with Crippen molar-refractivity contribution in [2.75, 3.05) is 7.05 Å². The molecule has 2 aromatic rings. The van der Waals surface area contributed by atoms with Crippen molar-refractivity contribution in [2.45, 2.75) is 24.4 Å². The minimum atomic E-state index is -3.55. The van der Waals surface area contributed by atoms with Gasteiger partial charge in [-0.15, -0.1) is 0 Å². The molecule has 3 N–H and O–H groups in total. The van der Waals surface area contributed by atoms with E-state index in [1.165, 1.54) is 0 Å². The molecule has 0 fully saturated rings. The first-order valence-electron chi connectivity index (χ1n) is 6.25. The second-order valence-corrected chi connectivity index (χ2v) is 6.40. The quantitative estimate of drug-likeness (QED) is 0.724. The number of aromatic amines is 1. The molecule has 0 aliphatic carbocycles. The largest absolute Gasteiger partial charge is 0.352 e. The highest BCUT2D eigenvalue weighted by atomic mass is 32.2. The van der Waals surface area contributed by atoms with E-state index >= 15 is 0 Å². The second kappa shape index (κ2) is 5.78. The molecule has 20 heavy (non-hydrogen) atoms. The molecule has 110 valence electrons. The molecule has 7 nitrogen and oxygen atoms in total. The van der Waals surface area contributed by atoms with Crippen LogP contribution in [0.3, 0.4) is 0 Å². The van der Waals surface area contributed by atoms with Gasteiger partial charge in [-0.2, -0.15) is 5.10 Å². The summed E-state index contributed by atoms with van der Waals surface area (Å²) in [6, 6.07) is 1.33. The molecule has 2 heterocycles. The van der Waals surface area contributed by atoms with Crippen molar-refractivity contribution in [3.05, 3.63) is 35.9 Å². The highest BCUT2D eigenvalue weighted by Crippen LogP contribution is 2.17. The minimum Gasteiger partial charge on any atom is -0.352 e. The van der Waals surface area contributed by atoms with Crippen molar-refractivity contribution in [3.8, 4) is 0 Å². The van der Waals surface area contributed by atoms with Crippen LogP contribution in [0.5, 0.6) is 0 Å². The van der Waals surface area contributed by atoms with Crippen LogP contribution in [0, 0.1) is 0 Å². The summed E-state index contributed by atoms with van der Waals surface area (Å²) in [6.07, 6.45) is 4.88. The zero-order valence-corrected chi connectivity index (χ0v) is 12.5. The third-order valence-electron chi connectivity index (χ3n) is 3.10. The van der Waals surface area contributed by atoms with E-state index < -0.39 is 10.0 Å². The van der Waals surface area contributed by atoms with Crippen LogP contribution in [0.1, 0.15) is 24.2 Å². The van der Waals surface area contributed by atoms with E-state index in [4.69, 9.17) is 0 Å². The molecule has 2 aromatic heterocycles. The molecular formula is C12H19N5O2S. The fourth-order valence-electron chi connectivity index (χ4n) is 1.95. The van der Waals surface area contributed by atoms with Gasteiger partial charge in [-0.1, -0.05) is 0 Å². The maximum absolute atomic E-state index is 12.3. The molecule has 0 saturated heterocycles. The average molecular weight is 297 g/mol. The molecule has 2 rings (SSSR count). The Morgan fingerprint density at radius 1 is 1.50 bits per heavy atom. The lowest BCUT2D eigenvalue weighted by molar-refractivity contribution is 0.567. The second-order valence-electron chi connectivity index (χ2n) is 4.68. The van der Waals surface area contributed by atoms with Crippen molar-refractivity contribution in [2.24, 2.45) is 7.05 Å². The van der Waals surface area contributed by atoms with E-state index in [1.54, 1.807) is 36.1 Å². The third kappa shape index (κ3) is 3.09. The van der Waals surface area contributed by atoms with Gasteiger partial charge < -0.3 is 9.88 Å². The van der Waals surface area contributed by atoms with E-state index in [0.29, 0.717) is 6.54 Å². The number of H-pyrrole nitrogens is 1. The van der Waals surface area contributed by atoms with Gasteiger partial charge in [0.2, 0.25) is 10.0 Å². The molecule has 1 unspecified atom stereocenters. The zero-order chi connectivity index (χ0) is 14.8. The number of hydrogen-bond acceptors (Lipinski definition) is 4. The van der Waals surface area contributed by atoms with E-state index in [2.05, 4.69) is 20.2 Å². The summed E-state index contributed by atoms with van der Waals surface area (Å²) in [5, 5.41) is 9.49. The molecule has 0 aromatic carbocycles. The van der Waals surface area contributed by atoms with Gasteiger partial charge >= 0.3 is 0 Å². The molecule has 0 aliphatic heterocycles. The van der Waals surface area contributed by atoms with Crippen LogP contribution in [0.15, 0.2) is 29.6 Å². The molecule has 0 radical (unpaired) electrons. The minimum absolute atomic E-state index is 0.264. The van der Waals surface area contributed by atoms with Gasteiger partial charge in [-0.05, 0) is 20.0 Å². The van der Waals surface area contributed by atoms with Gasteiger partial charge in [0, 0.05) is 43.3 Å².